The zero-order chi connectivity index (χ0) is 38.4. The minimum absolute atomic E-state index is 0.0289. The molecule has 1 aliphatic heterocycles. The summed E-state index contributed by atoms with van der Waals surface area (Å²) in [5.41, 5.74) is 17.3. The number of hydrogen-bond acceptors (Lipinski definition) is 8. The molecule has 13 nitrogen and oxygen atoms in total. The highest BCUT2D eigenvalue weighted by atomic mass is 16.5. The standard InChI is InChI=1S/C38H66N8O5/c1-12-25(4)35(45(9)38(49)32(27(6)42-43-40)33(39)34(24(2)3)44(7)8)30(50-10)23-31(47)46-22-16-19-29(46)36(51-11)26(5)37(48)41-21-20-28-17-14-13-15-18-28/h13-15,17-18,24-27,29-30,32-36H,12,16,19-23,39H2,1-11H3,(H,41,48)/t25-,26+,27-,29-,30+,32+,33?,34-,35-,36+/m0/s1. The summed E-state index contributed by atoms with van der Waals surface area (Å²) in [6.07, 6.45) is 1.91. The Morgan fingerprint density at radius 3 is 2.24 bits per heavy atom. The van der Waals surface area contributed by atoms with Crippen molar-refractivity contribution >= 4 is 17.7 Å². The van der Waals surface area contributed by atoms with Crippen molar-refractivity contribution in [3.63, 3.8) is 0 Å². The molecule has 1 unspecified atom stereocenters. The van der Waals surface area contributed by atoms with E-state index in [0.717, 1.165) is 31.2 Å². The van der Waals surface area contributed by atoms with Crippen LogP contribution in [0, 0.1) is 23.7 Å². The number of benzene rings is 1. The van der Waals surface area contributed by atoms with Gasteiger partial charge in [-0.05, 0) is 56.3 Å². The van der Waals surface area contributed by atoms with Gasteiger partial charge < -0.3 is 35.2 Å². The van der Waals surface area contributed by atoms with E-state index < -0.39 is 42.2 Å². The van der Waals surface area contributed by atoms with Crippen LogP contribution in [0.5, 0.6) is 0 Å². The van der Waals surface area contributed by atoms with Crippen molar-refractivity contribution in [2.75, 3.05) is 48.5 Å². The average Bonchev–Trinajstić information content (AvgIpc) is 3.58. The molecule has 288 valence electrons. The maximum Gasteiger partial charge on any atom is 0.227 e. The number of azide groups is 1. The summed E-state index contributed by atoms with van der Waals surface area (Å²) in [5.74, 6) is -1.64. The van der Waals surface area contributed by atoms with Crippen LogP contribution in [0.4, 0.5) is 0 Å². The Labute approximate surface area is 306 Å². The molecule has 0 radical (unpaired) electrons. The zero-order valence-corrected chi connectivity index (χ0v) is 33.0. The highest BCUT2D eigenvalue weighted by Crippen LogP contribution is 2.31. The number of nitrogens with two attached hydrogens (primary N) is 1. The highest BCUT2D eigenvalue weighted by Gasteiger charge is 2.44. The molecular weight excluding hydrogens is 648 g/mol. The fourth-order valence-electron chi connectivity index (χ4n) is 8.12. The Hall–Kier alpha value is -3.22. The second-order valence-electron chi connectivity index (χ2n) is 14.9. The van der Waals surface area contributed by atoms with Gasteiger partial charge in [0.2, 0.25) is 17.7 Å². The largest absolute Gasteiger partial charge is 0.379 e. The first-order chi connectivity index (χ1) is 24.2. The SMILES string of the molecule is CC[C@H](C)[C@@H]([C@@H](CC(=O)N1CCC[C@H]1[C@H](OC)[C@@H](C)C(=O)NCCc1ccccc1)OC)N(C)C(=O)[C@@H](C(N)[C@H](C(C)C)N(C)C)[C@H](C)N=[N+]=[N-]. The minimum Gasteiger partial charge on any atom is -0.379 e. The van der Waals surface area contributed by atoms with E-state index in [0.29, 0.717) is 13.1 Å². The lowest BCUT2D eigenvalue weighted by Crippen LogP contribution is -2.60. The van der Waals surface area contributed by atoms with Crippen LogP contribution in [-0.4, -0.2) is 123 Å². The van der Waals surface area contributed by atoms with Crippen molar-refractivity contribution in [1.82, 2.24) is 20.0 Å². The second kappa shape index (κ2) is 21.3. The number of likely N-dealkylation sites (N-methyl/N-ethyl adjacent to an activating group) is 2. The van der Waals surface area contributed by atoms with Gasteiger partial charge in [0, 0.05) is 57.4 Å². The van der Waals surface area contributed by atoms with Gasteiger partial charge in [0.15, 0.2) is 0 Å². The molecule has 1 saturated heterocycles. The Kier molecular flexibility index (Phi) is 18.4. The molecule has 1 aromatic rings. The predicted octanol–water partition coefficient (Wildman–Crippen LogP) is 4.49. The number of carbonyl (C=O) groups excluding carboxylic acids is 3. The summed E-state index contributed by atoms with van der Waals surface area (Å²) in [5, 5.41) is 6.98. The van der Waals surface area contributed by atoms with E-state index in [9.17, 15) is 19.9 Å². The molecule has 3 amide bonds. The smallest absolute Gasteiger partial charge is 0.227 e. The molecule has 10 atom stereocenters. The summed E-state index contributed by atoms with van der Waals surface area (Å²) in [6.45, 7) is 12.8. The Bertz CT molecular complexity index is 1270. The molecule has 3 N–H and O–H groups in total. The van der Waals surface area contributed by atoms with Gasteiger partial charge in [-0.1, -0.05) is 83.4 Å². The first kappa shape index (κ1) is 43.9. The van der Waals surface area contributed by atoms with E-state index in [1.807, 2.05) is 75.0 Å². The van der Waals surface area contributed by atoms with Crippen LogP contribution in [0.3, 0.4) is 0 Å². The number of methoxy groups -OCH3 is 2. The molecule has 0 aromatic heterocycles. The van der Waals surface area contributed by atoms with Gasteiger partial charge in [-0.2, -0.15) is 0 Å². The van der Waals surface area contributed by atoms with E-state index in [1.165, 1.54) is 0 Å². The summed E-state index contributed by atoms with van der Waals surface area (Å²) in [4.78, 5) is 50.4. The lowest BCUT2D eigenvalue weighted by molar-refractivity contribution is -0.148. The number of amides is 3. The molecule has 1 fully saturated rings. The van der Waals surface area contributed by atoms with Gasteiger partial charge in [0.25, 0.3) is 0 Å². The molecule has 0 saturated carbocycles. The number of nitrogens with zero attached hydrogens (tertiary/aromatic N) is 6. The predicted molar refractivity (Wildman–Crippen MR) is 202 cm³/mol. The summed E-state index contributed by atoms with van der Waals surface area (Å²) < 4.78 is 12.0. The maximum absolute atomic E-state index is 14.5. The molecule has 0 spiro atoms. The van der Waals surface area contributed by atoms with Crippen LogP contribution in [0.1, 0.15) is 72.8 Å². The molecule has 13 heteroatoms. The summed E-state index contributed by atoms with van der Waals surface area (Å²) in [7, 11) is 8.76. The fraction of sp³-hybridized carbons (Fsp3) is 0.763. The fourth-order valence-corrected chi connectivity index (χ4v) is 8.12. The Balaban J connectivity index is 2.29. The van der Waals surface area contributed by atoms with Crippen molar-refractivity contribution in [2.45, 2.75) is 116 Å². The van der Waals surface area contributed by atoms with Crippen LogP contribution in [-0.2, 0) is 30.3 Å². The van der Waals surface area contributed by atoms with Gasteiger partial charge in [0.1, 0.15) is 0 Å². The van der Waals surface area contributed by atoms with Crippen molar-refractivity contribution in [3.8, 4) is 0 Å². The van der Waals surface area contributed by atoms with Gasteiger partial charge in [0.05, 0.1) is 42.5 Å². The van der Waals surface area contributed by atoms with Crippen LogP contribution in [0.25, 0.3) is 10.4 Å². The Morgan fingerprint density at radius 2 is 1.71 bits per heavy atom. The van der Waals surface area contributed by atoms with E-state index >= 15 is 0 Å². The average molecular weight is 715 g/mol. The molecule has 0 aliphatic carbocycles. The monoisotopic (exact) mass is 715 g/mol. The van der Waals surface area contributed by atoms with Gasteiger partial charge in [-0.15, -0.1) is 0 Å². The first-order valence-electron chi connectivity index (χ1n) is 18.6. The number of rotatable bonds is 21. The normalized spacial score (nSPS) is 20.0. The van der Waals surface area contributed by atoms with Crippen LogP contribution in [0.15, 0.2) is 35.4 Å². The molecular formula is C38H66N8O5. The number of carbonyl (C=O) groups is 3. The van der Waals surface area contributed by atoms with Crippen LogP contribution in [0.2, 0.25) is 0 Å². The van der Waals surface area contributed by atoms with Crippen molar-refractivity contribution in [3.05, 3.63) is 46.3 Å². The first-order valence-corrected chi connectivity index (χ1v) is 18.6. The van der Waals surface area contributed by atoms with Crippen LogP contribution < -0.4 is 11.1 Å². The van der Waals surface area contributed by atoms with Gasteiger partial charge >= 0.3 is 0 Å². The van der Waals surface area contributed by atoms with Crippen molar-refractivity contribution in [2.24, 2.45) is 34.5 Å². The lowest BCUT2D eigenvalue weighted by atomic mass is 9.81. The molecule has 1 heterocycles. The highest BCUT2D eigenvalue weighted by molar-refractivity contribution is 5.82. The van der Waals surface area contributed by atoms with Gasteiger partial charge in [-0.25, -0.2) is 0 Å². The lowest BCUT2D eigenvalue weighted by Gasteiger charge is -2.43. The number of ether oxygens (including phenoxy) is 2. The topological polar surface area (TPSA) is 166 Å². The zero-order valence-electron chi connectivity index (χ0n) is 33.0. The van der Waals surface area contributed by atoms with E-state index in [-0.39, 0.29) is 48.1 Å². The molecule has 2 rings (SSSR count). The van der Waals surface area contributed by atoms with E-state index in [1.54, 1.807) is 33.1 Å². The third-order valence-corrected chi connectivity index (χ3v) is 10.9. The summed E-state index contributed by atoms with van der Waals surface area (Å²) in [6, 6.07) is 7.79. The second-order valence-corrected chi connectivity index (χ2v) is 14.9. The Morgan fingerprint density at radius 1 is 1.06 bits per heavy atom. The van der Waals surface area contributed by atoms with E-state index in [4.69, 9.17) is 15.2 Å². The molecule has 1 aromatic carbocycles. The molecule has 0 bridgehead atoms. The van der Waals surface area contributed by atoms with Crippen molar-refractivity contribution < 1.29 is 23.9 Å². The summed E-state index contributed by atoms with van der Waals surface area (Å²) >= 11 is 0. The van der Waals surface area contributed by atoms with Gasteiger partial charge in [-0.3, -0.25) is 14.4 Å². The third kappa shape index (κ3) is 11.6. The number of nitrogens with one attached hydrogen (secondary N) is 1. The number of likely N-dealkylation sites (tertiary alicyclic amines) is 1. The number of hydrogen-bond donors (Lipinski definition) is 2. The van der Waals surface area contributed by atoms with Crippen molar-refractivity contribution in [1.29, 1.82) is 0 Å². The quantitative estimate of drug-likeness (QED) is 0.108. The minimum atomic E-state index is -0.800. The van der Waals surface area contributed by atoms with E-state index in [2.05, 4.69) is 29.2 Å². The third-order valence-electron chi connectivity index (χ3n) is 10.9. The van der Waals surface area contributed by atoms with Crippen LogP contribution >= 0.6 is 0 Å². The maximum atomic E-state index is 14.5. The molecule has 51 heavy (non-hydrogen) atoms. The molecule has 1 aliphatic rings.